The average molecular weight is 538 g/mol. The Labute approximate surface area is 225 Å². The smallest absolute Gasteiger partial charge is 0.411 e. The van der Waals surface area contributed by atoms with Crippen LogP contribution in [-0.4, -0.2) is 63.8 Å². The maximum absolute atomic E-state index is 14.0. The van der Waals surface area contributed by atoms with Gasteiger partial charge < -0.3 is 19.2 Å². The van der Waals surface area contributed by atoms with Crippen LogP contribution in [0.5, 0.6) is 0 Å². The zero-order chi connectivity index (χ0) is 27.9. The van der Waals surface area contributed by atoms with Crippen molar-refractivity contribution in [3.63, 3.8) is 0 Å². The largest absolute Gasteiger partial charge is 0.458 e. The van der Waals surface area contributed by atoms with E-state index in [2.05, 4.69) is 4.98 Å². The Balaban J connectivity index is 1.59. The lowest BCUT2D eigenvalue weighted by molar-refractivity contribution is -0.147. The number of aromatic amines is 1. The Kier molecular flexibility index (Phi) is 6.74. The molecule has 2 saturated heterocycles. The van der Waals surface area contributed by atoms with Crippen molar-refractivity contribution in [2.75, 3.05) is 13.1 Å². The summed E-state index contributed by atoms with van der Waals surface area (Å²) in [5.41, 5.74) is 0.145. The molecular weight excluding hydrogens is 505 g/mol. The van der Waals surface area contributed by atoms with Gasteiger partial charge >= 0.3 is 18.2 Å². The van der Waals surface area contributed by atoms with Crippen molar-refractivity contribution in [2.24, 2.45) is 0 Å². The van der Waals surface area contributed by atoms with Crippen molar-refractivity contribution in [3.8, 4) is 0 Å². The maximum atomic E-state index is 14.0. The molecule has 0 radical (unpaired) electrons. The van der Waals surface area contributed by atoms with Gasteiger partial charge in [0.2, 0.25) is 0 Å². The molecule has 0 spiro atoms. The number of aromatic nitrogens is 1. The number of amides is 2. The first-order chi connectivity index (χ1) is 18.5. The molecule has 3 aromatic rings. The van der Waals surface area contributed by atoms with E-state index in [0.29, 0.717) is 22.9 Å². The van der Waals surface area contributed by atoms with Crippen LogP contribution in [0.3, 0.4) is 0 Å². The van der Waals surface area contributed by atoms with Crippen LogP contribution in [0.1, 0.15) is 45.2 Å². The lowest BCUT2D eigenvalue weighted by Crippen LogP contribution is -2.53. The lowest BCUT2D eigenvalue weighted by Gasteiger charge is -2.39. The summed E-state index contributed by atoms with van der Waals surface area (Å²) >= 11 is 0. The van der Waals surface area contributed by atoms with E-state index >= 15 is 0 Å². The number of hydrogen-bond acceptors (Lipinski definition) is 6. The van der Waals surface area contributed by atoms with Crippen molar-refractivity contribution in [1.29, 1.82) is 0 Å². The zero-order valence-corrected chi connectivity index (χ0v) is 22.4. The molecule has 3 atom stereocenters. The number of H-pyrrole nitrogens is 1. The van der Waals surface area contributed by atoms with Crippen molar-refractivity contribution in [1.82, 2.24) is 14.8 Å². The minimum atomic E-state index is -1.12. The topological polar surface area (TPSA) is 101 Å². The predicted molar refractivity (Wildman–Crippen MR) is 140 cm³/mol. The highest BCUT2D eigenvalue weighted by Gasteiger charge is 2.66. The van der Waals surface area contributed by atoms with Crippen molar-refractivity contribution >= 4 is 29.1 Å². The summed E-state index contributed by atoms with van der Waals surface area (Å²) in [6, 6.07) is 12.9. The summed E-state index contributed by atoms with van der Waals surface area (Å²) in [7, 11) is 0. The third-order valence-corrected chi connectivity index (χ3v) is 7.24. The minimum Gasteiger partial charge on any atom is -0.458 e. The number of carbonyl (C=O) groups excluding carboxylic acids is 3. The monoisotopic (exact) mass is 537 g/mol. The van der Waals surface area contributed by atoms with E-state index in [1.165, 1.54) is 24.0 Å². The van der Waals surface area contributed by atoms with Gasteiger partial charge in [-0.15, -0.1) is 0 Å². The van der Waals surface area contributed by atoms with Crippen LogP contribution in [-0.2, 0) is 31.2 Å². The number of nitrogens with zero attached hydrogens (tertiary/aromatic N) is 2. The Hall–Kier alpha value is -4.08. The third-order valence-electron chi connectivity index (χ3n) is 7.24. The fourth-order valence-corrected chi connectivity index (χ4v) is 5.85. The van der Waals surface area contributed by atoms with Gasteiger partial charge in [-0.25, -0.2) is 14.0 Å². The van der Waals surface area contributed by atoms with Gasteiger partial charge in [-0.05, 0) is 51.0 Å². The number of benzene rings is 2. The molecule has 3 heterocycles. The summed E-state index contributed by atoms with van der Waals surface area (Å²) < 4.78 is 31.2. The molecule has 206 valence electrons. The van der Waals surface area contributed by atoms with Crippen LogP contribution in [0, 0.1) is 5.82 Å². The van der Waals surface area contributed by atoms with Gasteiger partial charge in [0.15, 0.2) is 0 Å². The van der Waals surface area contributed by atoms with Crippen LogP contribution in [0.4, 0.5) is 14.0 Å². The first-order valence-electron chi connectivity index (χ1n) is 12.9. The maximum Gasteiger partial charge on any atom is 0.411 e. The summed E-state index contributed by atoms with van der Waals surface area (Å²) in [4.78, 5) is 45.5. The molecule has 2 fully saturated rings. The van der Waals surface area contributed by atoms with Crippen LogP contribution < -0.4 is 0 Å². The molecule has 1 N–H and O–H groups in total. The number of likely N-dealkylation sites (tertiary alicyclic amines) is 2. The predicted octanol–water partition coefficient (Wildman–Crippen LogP) is 5.10. The molecule has 2 aliphatic heterocycles. The molecule has 2 amide bonds. The molecule has 10 heteroatoms. The quantitative estimate of drug-likeness (QED) is 0.367. The van der Waals surface area contributed by atoms with Gasteiger partial charge in [0.25, 0.3) is 0 Å². The minimum absolute atomic E-state index is 0.00942. The Morgan fingerprint density at radius 2 is 1.85 bits per heavy atom. The van der Waals surface area contributed by atoms with Crippen LogP contribution in [0.2, 0.25) is 0 Å². The number of nitrogens with one attached hydrogen (secondary N) is 1. The summed E-state index contributed by atoms with van der Waals surface area (Å²) in [6.45, 7) is 6.91. The third kappa shape index (κ3) is 4.91. The molecule has 5 rings (SSSR count). The average Bonchev–Trinajstić information content (AvgIpc) is 3.54. The number of ether oxygens (including phenoxy) is 3. The van der Waals surface area contributed by atoms with Gasteiger partial charge in [0, 0.05) is 36.1 Å². The number of hydrogen-bond donors (Lipinski definition) is 1. The van der Waals surface area contributed by atoms with E-state index in [0.717, 1.165) is 5.56 Å². The Morgan fingerprint density at radius 1 is 1.10 bits per heavy atom. The number of fused-ring (bicyclic) bond motifs is 2. The van der Waals surface area contributed by atoms with E-state index in [1.807, 2.05) is 30.3 Å². The highest BCUT2D eigenvalue weighted by molar-refractivity contribution is 5.86. The summed E-state index contributed by atoms with van der Waals surface area (Å²) in [5, 5.41) is 0.693. The fraction of sp³-hybridized carbons (Fsp3) is 0.414. The SMILES string of the molecule is CC(=O)OC1CN(C(=O)OC(C)(C)C)C2(c3c[nH]c4cc(F)ccc34)CCN(C(=O)OCc3ccccc3)C12. The van der Waals surface area contributed by atoms with Gasteiger partial charge in [-0.3, -0.25) is 14.6 Å². The number of halogens is 1. The highest BCUT2D eigenvalue weighted by atomic mass is 19.1. The van der Waals surface area contributed by atoms with Crippen molar-refractivity contribution in [3.05, 3.63) is 71.7 Å². The molecule has 39 heavy (non-hydrogen) atoms. The Morgan fingerprint density at radius 3 is 2.54 bits per heavy atom. The van der Waals surface area contributed by atoms with Gasteiger partial charge in [-0.1, -0.05) is 30.3 Å². The molecule has 2 aliphatic rings. The molecule has 1 aromatic heterocycles. The first kappa shape index (κ1) is 26.5. The van der Waals surface area contributed by atoms with Crippen LogP contribution in [0.15, 0.2) is 54.7 Å². The first-order valence-corrected chi connectivity index (χ1v) is 12.9. The molecular formula is C29H32FN3O6. The summed E-state index contributed by atoms with van der Waals surface area (Å²) in [5.74, 6) is -0.943. The van der Waals surface area contributed by atoms with E-state index < -0.39 is 47.3 Å². The van der Waals surface area contributed by atoms with Gasteiger partial charge in [-0.2, -0.15) is 0 Å². The van der Waals surface area contributed by atoms with E-state index in [-0.39, 0.29) is 19.7 Å². The van der Waals surface area contributed by atoms with E-state index in [1.54, 1.807) is 37.9 Å². The van der Waals surface area contributed by atoms with E-state index in [4.69, 9.17) is 14.2 Å². The Bertz CT molecular complexity index is 1400. The fourth-order valence-electron chi connectivity index (χ4n) is 5.85. The molecule has 3 unspecified atom stereocenters. The highest BCUT2D eigenvalue weighted by Crippen LogP contribution is 2.52. The molecule has 0 saturated carbocycles. The second-order valence-electron chi connectivity index (χ2n) is 11.0. The van der Waals surface area contributed by atoms with Crippen LogP contribution in [0.25, 0.3) is 10.9 Å². The lowest BCUT2D eigenvalue weighted by atomic mass is 9.82. The molecule has 0 bridgehead atoms. The van der Waals surface area contributed by atoms with Gasteiger partial charge in [0.1, 0.15) is 30.2 Å². The zero-order valence-electron chi connectivity index (χ0n) is 22.4. The molecule has 2 aromatic carbocycles. The van der Waals surface area contributed by atoms with Gasteiger partial charge in [0.05, 0.1) is 12.1 Å². The second-order valence-corrected chi connectivity index (χ2v) is 11.0. The number of rotatable bonds is 4. The standard InChI is InChI=1S/C29H32FN3O6/c1-18(34)38-24-16-33(27(36)39-28(2,3)4)29(22-15-31-23-14-20(30)10-11-21(22)23)12-13-32(25(24)29)26(35)37-17-19-8-6-5-7-9-19/h5-11,14-15,24-25,31H,12-13,16-17H2,1-4H3. The molecule has 0 aliphatic carbocycles. The van der Waals surface area contributed by atoms with Crippen molar-refractivity contribution in [2.45, 2.75) is 64.0 Å². The molecule has 9 nitrogen and oxygen atoms in total. The van der Waals surface area contributed by atoms with Crippen molar-refractivity contribution < 1.29 is 33.0 Å². The van der Waals surface area contributed by atoms with Crippen LogP contribution >= 0.6 is 0 Å². The second kappa shape index (κ2) is 9.91. The number of carbonyl (C=O) groups is 3. The number of esters is 1. The summed E-state index contributed by atoms with van der Waals surface area (Å²) in [6.07, 6.45) is 0.0354. The van der Waals surface area contributed by atoms with E-state index in [9.17, 15) is 18.8 Å². The normalized spacial score (nSPS) is 22.6.